The van der Waals surface area contributed by atoms with Gasteiger partial charge in [0.15, 0.2) is 0 Å². The first-order valence-corrected chi connectivity index (χ1v) is 7.26. The zero-order valence-corrected chi connectivity index (χ0v) is 11.7. The molecular formula is C16H26N2. The van der Waals surface area contributed by atoms with Crippen LogP contribution in [-0.4, -0.2) is 19.6 Å². The van der Waals surface area contributed by atoms with Crippen molar-refractivity contribution in [2.24, 2.45) is 5.92 Å². The van der Waals surface area contributed by atoms with Crippen molar-refractivity contribution in [2.75, 3.05) is 19.6 Å². The summed E-state index contributed by atoms with van der Waals surface area (Å²) in [7, 11) is 0. The van der Waals surface area contributed by atoms with Gasteiger partial charge in [0.05, 0.1) is 0 Å². The third-order valence-electron chi connectivity index (χ3n) is 3.87. The lowest BCUT2D eigenvalue weighted by Gasteiger charge is -2.10. The zero-order chi connectivity index (χ0) is 12.8. The molecule has 0 saturated carbocycles. The molecule has 1 atom stereocenters. The van der Waals surface area contributed by atoms with Gasteiger partial charge in [-0.15, -0.1) is 0 Å². The maximum absolute atomic E-state index is 3.55. The van der Waals surface area contributed by atoms with Crippen LogP contribution in [-0.2, 0) is 6.54 Å². The van der Waals surface area contributed by atoms with Crippen LogP contribution in [0.25, 0.3) is 0 Å². The van der Waals surface area contributed by atoms with E-state index in [0.29, 0.717) is 5.92 Å². The van der Waals surface area contributed by atoms with Gasteiger partial charge in [-0.1, -0.05) is 38.1 Å². The van der Waals surface area contributed by atoms with E-state index in [1.54, 1.807) is 0 Å². The molecule has 1 saturated heterocycles. The smallest absolute Gasteiger partial charge is 0.0205 e. The van der Waals surface area contributed by atoms with E-state index < -0.39 is 0 Å². The van der Waals surface area contributed by atoms with Crippen molar-refractivity contribution in [3.8, 4) is 0 Å². The average molecular weight is 246 g/mol. The summed E-state index contributed by atoms with van der Waals surface area (Å²) >= 11 is 0. The highest BCUT2D eigenvalue weighted by molar-refractivity contribution is 5.24. The van der Waals surface area contributed by atoms with Crippen LogP contribution in [0, 0.1) is 5.92 Å². The van der Waals surface area contributed by atoms with Gasteiger partial charge in [0.2, 0.25) is 0 Å². The maximum Gasteiger partial charge on any atom is 0.0205 e. The fourth-order valence-corrected chi connectivity index (χ4v) is 2.52. The minimum atomic E-state index is 0.627. The lowest BCUT2D eigenvalue weighted by Crippen LogP contribution is -2.19. The Kier molecular flexibility index (Phi) is 5.21. The van der Waals surface area contributed by atoms with Gasteiger partial charge in [-0.25, -0.2) is 0 Å². The Hall–Kier alpha value is -0.860. The fourth-order valence-electron chi connectivity index (χ4n) is 2.52. The number of rotatable bonds is 6. The molecule has 2 rings (SSSR count). The summed E-state index contributed by atoms with van der Waals surface area (Å²) in [4.78, 5) is 0. The van der Waals surface area contributed by atoms with Gasteiger partial charge in [0.25, 0.3) is 0 Å². The molecule has 100 valence electrons. The minimum Gasteiger partial charge on any atom is -0.316 e. The van der Waals surface area contributed by atoms with Crippen LogP contribution in [0.3, 0.4) is 0 Å². The van der Waals surface area contributed by atoms with Gasteiger partial charge in [-0.2, -0.15) is 0 Å². The predicted octanol–water partition coefficient (Wildman–Crippen LogP) is 2.90. The molecule has 18 heavy (non-hydrogen) atoms. The minimum absolute atomic E-state index is 0.627. The van der Waals surface area contributed by atoms with Crippen LogP contribution in [0.4, 0.5) is 0 Å². The molecule has 2 N–H and O–H groups in total. The van der Waals surface area contributed by atoms with Crippen LogP contribution >= 0.6 is 0 Å². The Morgan fingerprint density at radius 1 is 1.28 bits per heavy atom. The number of hydrogen-bond donors (Lipinski definition) is 2. The van der Waals surface area contributed by atoms with Crippen LogP contribution < -0.4 is 10.6 Å². The second-order valence-electron chi connectivity index (χ2n) is 5.72. The molecule has 0 amide bonds. The molecule has 0 aromatic heterocycles. The molecular weight excluding hydrogens is 220 g/mol. The fraction of sp³-hybridized carbons (Fsp3) is 0.625. The summed E-state index contributed by atoms with van der Waals surface area (Å²) in [6.07, 6.45) is 2.65. The summed E-state index contributed by atoms with van der Waals surface area (Å²) in [6, 6.07) is 9.00. The summed E-state index contributed by atoms with van der Waals surface area (Å²) in [6.45, 7) is 9.04. The van der Waals surface area contributed by atoms with Gasteiger partial charge in [-0.3, -0.25) is 0 Å². The van der Waals surface area contributed by atoms with E-state index in [0.717, 1.165) is 19.0 Å². The molecule has 1 fully saturated rings. The second kappa shape index (κ2) is 6.91. The van der Waals surface area contributed by atoms with Gasteiger partial charge in [0.1, 0.15) is 0 Å². The molecule has 1 aromatic rings. The zero-order valence-electron chi connectivity index (χ0n) is 11.7. The molecule has 0 aliphatic carbocycles. The SMILES string of the molecule is CC(C)c1ccc(CNCCC2CCNC2)cc1. The third-order valence-corrected chi connectivity index (χ3v) is 3.87. The Bertz CT molecular complexity index is 337. The second-order valence-corrected chi connectivity index (χ2v) is 5.72. The topological polar surface area (TPSA) is 24.1 Å². The molecule has 0 bridgehead atoms. The number of benzene rings is 1. The quantitative estimate of drug-likeness (QED) is 0.754. The highest BCUT2D eigenvalue weighted by Crippen LogP contribution is 2.15. The summed E-state index contributed by atoms with van der Waals surface area (Å²) in [5.74, 6) is 1.52. The number of hydrogen-bond acceptors (Lipinski definition) is 2. The molecule has 1 aromatic carbocycles. The van der Waals surface area contributed by atoms with E-state index in [1.807, 2.05) is 0 Å². The maximum atomic E-state index is 3.55. The predicted molar refractivity (Wildman–Crippen MR) is 77.8 cm³/mol. The standard InChI is InChI=1S/C16H26N2/c1-13(2)16-5-3-14(4-6-16)11-17-9-7-15-8-10-18-12-15/h3-6,13,15,17-18H,7-12H2,1-2H3. The largest absolute Gasteiger partial charge is 0.316 e. The van der Waals surface area contributed by atoms with E-state index in [4.69, 9.17) is 0 Å². The lowest BCUT2D eigenvalue weighted by atomic mass is 10.0. The molecule has 1 heterocycles. The van der Waals surface area contributed by atoms with Crippen molar-refractivity contribution < 1.29 is 0 Å². The molecule has 2 heteroatoms. The Balaban J connectivity index is 1.66. The molecule has 1 aliphatic heterocycles. The van der Waals surface area contributed by atoms with E-state index in [-0.39, 0.29) is 0 Å². The summed E-state index contributed by atoms with van der Waals surface area (Å²) in [5, 5.41) is 6.97. The summed E-state index contributed by atoms with van der Waals surface area (Å²) < 4.78 is 0. The van der Waals surface area contributed by atoms with Crippen molar-refractivity contribution >= 4 is 0 Å². The molecule has 0 radical (unpaired) electrons. The molecule has 1 aliphatic rings. The van der Waals surface area contributed by atoms with Crippen LogP contribution in [0.5, 0.6) is 0 Å². The van der Waals surface area contributed by atoms with Crippen molar-refractivity contribution in [1.29, 1.82) is 0 Å². The molecule has 1 unspecified atom stereocenters. The van der Waals surface area contributed by atoms with E-state index in [2.05, 4.69) is 48.7 Å². The Morgan fingerprint density at radius 3 is 2.67 bits per heavy atom. The van der Waals surface area contributed by atoms with Gasteiger partial charge < -0.3 is 10.6 Å². The van der Waals surface area contributed by atoms with Crippen molar-refractivity contribution in [2.45, 2.75) is 39.2 Å². The van der Waals surface area contributed by atoms with E-state index >= 15 is 0 Å². The highest BCUT2D eigenvalue weighted by Gasteiger charge is 2.13. The van der Waals surface area contributed by atoms with Gasteiger partial charge in [-0.05, 0) is 55.4 Å². The average Bonchev–Trinajstić information content (AvgIpc) is 2.88. The van der Waals surface area contributed by atoms with E-state index in [9.17, 15) is 0 Å². The van der Waals surface area contributed by atoms with Gasteiger partial charge >= 0.3 is 0 Å². The first kappa shape index (κ1) is 13.6. The normalized spacial score (nSPS) is 19.6. The van der Waals surface area contributed by atoms with E-state index in [1.165, 1.54) is 37.1 Å². The van der Waals surface area contributed by atoms with Crippen LogP contribution in [0.15, 0.2) is 24.3 Å². The van der Waals surface area contributed by atoms with Crippen molar-refractivity contribution in [3.05, 3.63) is 35.4 Å². The molecule has 0 spiro atoms. The lowest BCUT2D eigenvalue weighted by molar-refractivity contribution is 0.500. The van der Waals surface area contributed by atoms with Crippen LogP contribution in [0.2, 0.25) is 0 Å². The summed E-state index contributed by atoms with van der Waals surface area (Å²) in [5.41, 5.74) is 2.82. The van der Waals surface area contributed by atoms with Crippen LogP contribution in [0.1, 0.15) is 43.7 Å². The Labute approximate surface area is 111 Å². The number of nitrogens with one attached hydrogen (secondary N) is 2. The monoisotopic (exact) mass is 246 g/mol. The molecule has 2 nitrogen and oxygen atoms in total. The van der Waals surface area contributed by atoms with Crippen molar-refractivity contribution in [3.63, 3.8) is 0 Å². The van der Waals surface area contributed by atoms with Crippen molar-refractivity contribution in [1.82, 2.24) is 10.6 Å². The third kappa shape index (κ3) is 4.11. The Morgan fingerprint density at radius 2 is 2.06 bits per heavy atom. The first-order valence-electron chi connectivity index (χ1n) is 7.26. The highest BCUT2D eigenvalue weighted by atomic mass is 14.9. The first-order chi connectivity index (χ1) is 8.75. The van der Waals surface area contributed by atoms with Gasteiger partial charge in [0, 0.05) is 6.54 Å².